The molecule has 0 amide bonds. The molecule has 0 aromatic carbocycles. The second kappa shape index (κ2) is 6.78. The van der Waals surface area contributed by atoms with Crippen molar-refractivity contribution in [3.8, 4) is 0 Å². The van der Waals surface area contributed by atoms with E-state index in [9.17, 15) is 0 Å². The third-order valence-electron chi connectivity index (χ3n) is 5.22. The number of aryl methyl sites for hydroxylation is 1. The summed E-state index contributed by atoms with van der Waals surface area (Å²) >= 11 is 2.04. The first-order chi connectivity index (χ1) is 10.1. The summed E-state index contributed by atoms with van der Waals surface area (Å²) in [6.07, 6.45) is 9.46. The molecule has 3 heteroatoms. The van der Waals surface area contributed by atoms with Crippen molar-refractivity contribution in [3.63, 3.8) is 0 Å². The highest BCUT2D eigenvalue weighted by Crippen LogP contribution is 2.41. The Morgan fingerprint density at radius 3 is 2.67 bits per heavy atom. The van der Waals surface area contributed by atoms with E-state index in [1.54, 1.807) is 4.88 Å². The van der Waals surface area contributed by atoms with Gasteiger partial charge in [-0.25, -0.2) is 4.98 Å². The van der Waals surface area contributed by atoms with Gasteiger partial charge in [0.1, 0.15) is 0 Å². The summed E-state index contributed by atoms with van der Waals surface area (Å²) in [5.74, 6) is 2.35. The Balaban J connectivity index is 1.71. The highest BCUT2D eigenvalue weighted by Gasteiger charge is 2.28. The summed E-state index contributed by atoms with van der Waals surface area (Å²) in [5, 5.41) is 5.08. The zero-order valence-corrected chi connectivity index (χ0v) is 14.6. The highest BCUT2D eigenvalue weighted by molar-refractivity contribution is 7.11. The number of hydrogen-bond acceptors (Lipinski definition) is 3. The van der Waals surface area contributed by atoms with Crippen molar-refractivity contribution in [2.75, 3.05) is 6.54 Å². The maximum Gasteiger partial charge on any atom is 0.0962 e. The van der Waals surface area contributed by atoms with Crippen LogP contribution < -0.4 is 5.32 Å². The smallest absolute Gasteiger partial charge is 0.0962 e. The van der Waals surface area contributed by atoms with Crippen LogP contribution in [0.25, 0.3) is 0 Å². The summed E-state index contributed by atoms with van der Waals surface area (Å²) in [6.45, 7) is 7.98. The Morgan fingerprint density at radius 2 is 1.95 bits per heavy atom. The first-order valence-corrected chi connectivity index (χ1v) is 9.68. The van der Waals surface area contributed by atoms with Gasteiger partial charge in [-0.1, -0.05) is 33.6 Å². The predicted molar refractivity (Wildman–Crippen MR) is 91.3 cm³/mol. The fraction of sp³-hybridized carbons (Fsp3) is 0.833. The fourth-order valence-electron chi connectivity index (χ4n) is 3.78. The van der Waals surface area contributed by atoms with Crippen LogP contribution in [0.3, 0.4) is 0 Å². The molecule has 21 heavy (non-hydrogen) atoms. The summed E-state index contributed by atoms with van der Waals surface area (Å²) < 4.78 is 0. The average molecular weight is 307 g/mol. The van der Waals surface area contributed by atoms with Gasteiger partial charge in [-0.05, 0) is 38.0 Å². The lowest BCUT2D eigenvalue weighted by molar-refractivity contribution is 0.347. The normalized spacial score (nSPS) is 29.6. The average Bonchev–Trinajstić information content (AvgIpc) is 2.90. The van der Waals surface area contributed by atoms with Gasteiger partial charge in [0.25, 0.3) is 0 Å². The number of rotatable bonds is 4. The molecule has 1 saturated carbocycles. The number of aromatic nitrogens is 1. The molecule has 1 unspecified atom stereocenters. The van der Waals surface area contributed by atoms with E-state index in [0.29, 0.717) is 12.0 Å². The third kappa shape index (κ3) is 3.68. The lowest BCUT2D eigenvalue weighted by atomic mass is 9.83. The van der Waals surface area contributed by atoms with Crippen LogP contribution in [0.15, 0.2) is 0 Å². The quantitative estimate of drug-likeness (QED) is 0.859. The minimum Gasteiger partial charge on any atom is -0.314 e. The lowest BCUT2D eigenvalue weighted by Gasteiger charge is -2.24. The zero-order valence-electron chi connectivity index (χ0n) is 13.8. The van der Waals surface area contributed by atoms with Gasteiger partial charge in [0.2, 0.25) is 0 Å². The molecule has 1 N–H and O–H groups in total. The molecule has 2 aliphatic carbocycles. The second-order valence-corrected chi connectivity index (χ2v) is 8.58. The minimum atomic E-state index is 0.577. The topological polar surface area (TPSA) is 24.9 Å². The predicted octanol–water partition coefficient (Wildman–Crippen LogP) is 4.85. The molecule has 0 aliphatic heterocycles. The molecule has 1 fully saturated rings. The molecular formula is C18H30N2S. The van der Waals surface area contributed by atoms with E-state index in [1.165, 1.54) is 55.6 Å². The van der Waals surface area contributed by atoms with E-state index in [1.807, 2.05) is 11.3 Å². The molecule has 2 aliphatic rings. The van der Waals surface area contributed by atoms with E-state index in [2.05, 4.69) is 26.1 Å². The number of fused-ring (bicyclic) bond motifs is 1. The zero-order chi connectivity index (χ0) is 14.8. The van der Waals surface area contributed by atoms with E-state index >= 15 is 0 Å². The maximum absolute atomic E-state index is 5.14. The fourth-order valence-corrected chi connectivity index (χ4v) is 5.15. The Labute approximate surface area is 133 Å². The number of thiazole rings is 1. The van der Waals surface area contributed by atoms with Gasteiger partial charge in [0.15, 0.2) is 0 Å². The first-order valence-electron chi connectivity index (χ1n) is 8.86. The molecular weight excluding hydrogens is 276 g/mol. The molecule has 118 valence electrons. The molecule has 1 atom stereocenters. The van der Waals surface area contributed by atoms with Gasteiger partial charge in [-0.15, -0.1) is 11.3 Å². The van der Waals surface area contributed by atoms with Crippen molar-refractivity contribution in [1.29, 1.82) is 0 Å². The van der Waals surface area contributed by atoms with Crippen molar-refractivity contribution in [3.05, 3.63) is 15.6 Å². The van der Waals surface area contributed by atoms with Crippen molar-refractivity contribution >= 4 is 11.3 Å². The molecule has 0 bridgehead atoms. The molecule has 0 saturated heterocycles. The van der Waals surface area contributed by atoms with Gasteiger partial charge in [0, 0.05) is 29.3 Å². The molecule has 0 spiro atoms. The molecule has 0 radical (unpaired) electrons. The minimum absolute atomic E-state index is 0.577. The Kier molecular flexibility index (Phi) is 5.00. The standard InChI is InChI=1S/C18H30N2S/c1-12(2)19-11-15-5-4-6-16-17(15)20-18(21-16)14-9-7-13(3)8-10-14/h12-15,19H,4-11H2,1-3H3. The van der Waals surface area contributed by atoms with Gasteiger partial charge in [-0.2, -0.15) is 0 Å². The van der Waals surface area contributed by atoms with Crippen LogP contribution in [-0.2, 0) is 6.42 Å². The molecule has 1 aromatic rings. The lowest BCUT2D eigenvalue weighted by Crippen LogP contribution is -2.29. The Hall–Kier alpha value is -0.410. The van der Waals surface area contributed by atoms with E-state index in [4.69, 9.17) is 4.98 Å². The molecule has 1 heterocycles. The molecule has 1 aromatic heterocycles. The van der Waals surface area contributed by atoms with Crippen molar-refractivity contribution < 1.29 is 0 Å². The van der Waals surface area contributed by atoms with Crippen LogP contribution in [-0.4, -0.2) is 17.6 Å². The van der Waals surface area contributed by atoms with Gasteiger partial charge >= 0.3 is 0 Å². The van der Waals surface area contributed by atoms with Gasteiger partial charge in [0.05, 0.1) is 10.7 Å². The summed E-state index contributed by atoms with van der Waals surface area (Å²) in [5.41, 5.74) is 1.45. The van der Waals surface area contributed by atoms with E-state index in [-0.39, 0.29) is 0 Å². The van der Waals surface area contributed by atoms with Crippen molar-refractivity contribution in [2.45, 2.75) is 83.6 Å². The van der Waals surface area contributed by atoms with Crippen LogP contribution >= 0.6 is 11.3 Å². The number of hydrogen-bond donors (Lipinski definition) is 1. The van der Waals surface area contributed by atoms with Crippen LogP contribution in [0.4, 0.5) is 0 Å². The number of nitrogens with one attached hydrogen (secondary N) is 1. The summed E-state index contributed by atoms with van der Waals surface area (Å²) in [6, 6.07) is 0.577. The monoisotopic (exact) mass is 306 g/mol. The largest absolute Gasteiger partial charge is 0.314 e. The van der Waals surface area contributed by atoms with Crippen molar-refractivity contribution in [2.24, 2.45) is 5.92 Å². The highest BCUT2D eigenvalue weighted by atomic mass is 32.1. The van der Waals surface area contributed by atoms with Crippen LogP contribution in [0.1, 0.15) is 86.7 Å². The third-order valence-corrected chi connectivity index (χ3v) is 6.52. The van der Waals surface area contributed by atoms with Crippen molar-refractivity contribution in [1.82, 2.24) is 10.3 Å². The van der Waals surface area contributed by atoms with E-state index < -0.39 is 0 Å². The Morgan fingerprint density at radius 1 is 1.19 bits per heavy atom. The molecule has 3 rings (SSSR count). The van der Waals surface area contributed by atoms with Gasteiger partial charge in [-0.3, -0.25) is 0 Å². The van der Waals surface area contributed by atoms with E-state index in [0.717, 1.165) is 18.4 Å². The van der Waals surface area contributed by atoms with Crippen LogP contribution in [0, 0.1) is 5.92 Å². The van der Waals surface area contributed by atoms with Gasteiger partial charge < -0.3 is 5.32 Å². The maximum atomic E-state index is 5.14. The Bertz CT molecular complexity index is 458. The second-order valence-electron chi connectivity index (χ2n) is 7.47. The summed E-state index contributed by atoms with van der Waals surface area (Å²) in [4.78, 5) is 6.74. The SMILES string of the molecule is CC1CCC(c2nc3c(s2)CCCC3CNC(C)C)CC1. The van der Waals surface area contributed by atoms with Crippen LogP contribution in [0.5, 0.6) is 0 Å². The van der Waals surface area contributed by atoms with Crippen LogP contribution in [0.2, 0.25) is 0 Å². The molecule has 2 nitrogen and oxygen atoms in total. The first kappa shape index (κ1) is 15.5. The number of nitrogens with zero attached hydrogens (tertiary/aromatic N) is 1. The summed E-state index contributed by atoms with van der Waals surface area (Å²) in [7, 11) is 0.